The number of anilines is 1. The van der Waals surface area contributed by atoms with E-state index < -0.39 is 11.7 Å². The number of carbonyl (C=O) groups is 2. The van der Waals surface area contributed by atoms with E-state index in [9.17, 15) is 14.0 Å². The van der Waals surface area contributed by atoms with Gasteiger partial charge in [0.15, 0.2) is 11.5 Å². The van der Waals surface area contributed by atoms with E-state index in [0.717, 1.165) is 0 Å². The highest BCUT2D eigenvalue weighted by atomic mass is 79.9. The van der Waals surface area contributed by atoms with Gasteiger partial charge in [-0.15, -0.1) is 0 Å². The molecule has 2 N–H and O–H groups in total. The zero-order valence-electron chi connectivity index (χ0n) is 16.0. The molecular formula is C20H21BrFN3O4. The summed E-state index contributed by atoms with van der Waals surface area (Å²) in [6, 6.07) is 8.87. The number of nitrogens with one attached hydrogen (secondary N) is 2. The van der Waals surface area contributed by atoms with Crippen molar-refractivity contribution in [3.8, 4) is 11.5 Å². The highest BCUT2D eigenvalue weighted by Crippen LogP contribution is 2.36. The molecule has 0 aliphatic heterocycles. The van der Waals surface area contributed by atoms with Gasteiger partial charge in [0.25, 0.3) is 0 Å². The number of methoxy groups -OCH3 is 1. The van der Waals surface area contributed by atoms with Crippen molar-refractivity contribution in [1.29, 1.82) is 0 Å². The van der Waals surface area contributed by atoms with Gasteiger partial charge in [-0.05, 0) is 64.8 Å². The molecule has 0 aliphatic rings. The van der Waals surface area contributed by atoms with E-state index in [4.69, 9.17) is 9.47 Å². The first-order chi connectivity index (χ1) is 13.9. The molecule has 0 saturated carbocycles. The Kier molecular flexibility index (Phi) is 8.60. The lowest BCUT2D eigenvalue weighted by Gasteiger charge is -2.11. The van der Waals surface area contributed by atoms with Crippen LogP contribution in [0.1, 0.15) is 25.3 Å². The van der Waals surface area contributed by atoms with Gasteiger partial charge in [-0.25, -0.2) is 9.82 Å². The summed E-state index contributed by atoms with van der Waals surface area (Å²) in [5, 5.41) is 6.48. The molecule has 0 radical (unpaired) electrons. The molecule has 0 aliphatic carbocycles. The molecule has 7 nitrogen and oxygen atoms in total. The Hall–Kier alpha value is -2.94. The van der Waals surface area contributed by atoms with E-state index in [1.165, 1.54) is 37.6 Å². The Morgan fingerprint density at radius 3 is 2.52 bits per heavy atom. The van der Waals surface area contributed by atoms with Gasteiger partial charge in [-0.2, -0.15) is 5.10 Å². The number of amides is 2. The number of nitrogens with zero attached hydrogens (tertiary/aromatic N) is 1. The van der Waals surface area contributed by atoms with Crippen molar-refractivity contribution >= 4 is 39.6 Å². The molecule has 2 aromatic carbocycles. The Morgan fingerprint density at radius 1 is 1.17 bits per heavy atom. The lowest BCUT2D eigenvalue weighted by Crippen LogP contribution is -2.20. The third-order valence-electron chi connectivity index (χ3n) is 3.65. The fraction of sp³-hybridized carbons (Fsp3) is 0.250. The molecule has 2 aromatic rings. The van der Waals surface area contributed by atoms with Gasteiger partial charge >= 0.3 is 0 Å². The minimum absolute atomic E-state index is 0.0266. The minimum Gasteiger partial charge on any atom is -0.493 e. The molecule has 0 aromatic heterocycles. The van der Waals surface area contributed by atoms with Gasteiger partial charge in [-0.1, -0.05) is 0 Å². The van der Waals surface area contributed by atoms with E-state index in [2.05, 4.69) is 31.8 Å². The number of hydrogen-bond acceptors (Lipinski definition) is 5. The molecule has 0 atom stereocenters. The second-order valence-corrected chi connectivity index (χ2v) is 6.67. The largest absolute Gasteiger partial charge is 0.493 e. The smallest absolute Gasteiger partial charge is 0.240 e. The molecule has 0 saturated heterocycles. The number of ether oxygens (including phenoxy) is 2. The van der Waals surface area contributed by atoms with Crippen molar-refractivity contribution in [2.75, 3.05) is 19.0 Å². The van der Waals surface area contributed by atoms with Gasteiger partial charge < -0.3 is 14.8 Å². The van der Waals surface area contributed by atoms with Crippen LogP contribution in [0.3, 0.4) is 0 Å². The Balaban J connectivity index is 1.84. The zero-order chi connectivity index (χ0) is 21.2. The van der Waals surface area contributed by atoms with E-state index in [1.807, 2.05) is 6.92 Å². The summed E-state index contributed by atoms with van der Waals surface area (Å²) in [4.78, 5) is 23.7. The molecule has 0 bridgehead atoms. The van der Waals surface area contributed by atoms with Crippen molar-refractivity contribution in [3.05, 3.63) is 52.3 Å². The van der Waals surface area contributed by atoms with E-state index in [1.54, 1.807) is 12.1 Å². The zero-order valence-corrected chi connectivity index (χ0v) is 17.6. The lowest BCUT2D eigenvalue weighted by molar-refractivity contribution is -0.124. The fourth-order valence-electron chi connectivity index (χ4n) is 2.32. The first kappa shape index (κ1) is 22.4. The Bertz CT molecular complexity index is 888. The van der Waals surface area contributed by atoms with Crippen LogP contribution in [0.25, 0.3) is 0 Å². The van der Waals surface area contributed by atoms with Crippen LogP contribution in [0, 0.1) is 5.82 Å². The van der Waals surface area contributed by atoms with Crippen LogP contribution in [0.4, 0.5) is 10.1 Å². The van der Waals surface area contributed by atoms with Crippen LogP contribution in [0.15, 0.2) is 46.0 Å². The summed E-state index contributed by atoms with van der Waals surface area (Å²) in [5.74, 6) is -0.0318. The normalized spacial score (nSPS) is 10.6. The van der Waals surface area contributed by atoms with Crippen molar-refractivity contribution in [2.45, 2.75) is 19.8 Å². The SMILES string of the molecule is CCOc1c(Br)cc(C=NNC(=O)CCC(=O)Nc2ccc(F)cc2)cc1OC. The second-order valence-electron chi connectivity index (χ2n) is 5.82. The summed E-state index contributed by atoms with van der Waals surface area (Å²) in [6.07, 6.45) is 1.39. The van der Waals surface area contributed by atoms with Gasteiger partial charge in [0.1, 0.15) is 5.82 Å². The number of halogens is 2. The van der Waals surface area contributed by atoms with E-state index >= 15 is 0 Å². The summed E-state index contributed by atoms with van der Waals surface area (Å²) in [6.45, 7) is 2.36. The van der Waals surface area contributed by atoms with Crippen LogP contribution < -0.4 is 20.2 Å². The highest BCUT2D eigenvalue weighted by Gasteiger charge is 2.11. The van der Waals surface area contributed by atoms with Crippen LogP contribution in [0.5, 0.6) is 11.5 Å². The van der Waals surface area contributed by atoms with Crippen LogP contribution in [0.2, 0.25) is 0 Å². The quantitative estimate of drug-likeness (QED) is 0.434. The number of carbonyl (C=O) groups excluding carboxylic acids is 2. The van der Waals surface area contributed by atoms with Crippen molar-refractivity contribution in [3.63, 3.8) is 0 Å². The monoisotopic (exact) mass is 465 g/mol. The minimum atomic E-state index is -0.410. The van der Waals surface area contributed by atoms with Gasteiger partial charge in [0, 0.05) is 18.5 Å². The third kappa shape index (κ3) is 7.19. The standard InChI is InChI=1S/C20H21BrFN3O4/c1-3-29-20-16(21)10-13(11-17(20)28-2)12-23-25-19(27)9-8-18(26)24-15-6-4-14(22)5-7-15/h4-7,10-12H,3,8-9H2,1-2H3,(H,24,26)(H,25,27). The van der Waals surface area contributed by atoms with Crippen molar-refractivity contribution in [2.24, 2.45) is 5.10 Å². The topological polar surface area (TPSA) is 89.0 Å². The van der Waals surface area contributed by atoms with Crippen molar-refractivity contribution < 1.29 is 23.5 Å². The van der Waals surface area contributed by atoms with Crippen LogP contribution >= 0.6 is 15.9 Å². The molecule has 0 fully saturated rings. The second kappa shape index (κ2) is 11.2. The summed E-state index contributed by atoms with van der Waals surface area (Å²) >= 11 is 3.41. The molecule has 154 valence electrons. The highest BCUT2D eigenvalue weighted by molar-refractivity contribution is 9.10. The molecule has 0 unspecified atom stereocenters. The Labute approximate surface area is 176 Å². The number of hydrogen-bond donors (Lipinski definition) is 2. The number of rotatable bonds is 9. The Morgan fingerprint density at radius 2 is 1.86 bits per heavy atom. The molecule has 2 amide bonds. The van der Waals surface area contributed by atoms with Gasteiger partial charge in [0.05, 0.1) is 24.4 Å². The summed E-state index contributed by atoms with van der Waals surface area (Å²) in [5.41, 5.74) is 3.52. The molecule has 0 heterocycles. The molecule has 2 rings (SSSR count). The van der Waals surface area contributed by atoms with E-state index in [-0.39, 0.29) is 18.7 Å². The van der Waals surface area contributed by atoms with Crippen molar-refractivity contribution in [1.82, 2.24) is 5.43 Å². The van der Waals surface area contributed by atoms with E-state index in [0.29, 0.717) is 33.8 Å². The maximum Gasteiger partial charge on any atom is 0.240 e. The lowest BCUT2D eigenvalue weighted by atomic mass is 10.2. The van der Waals surface area contributed by atoms with Gasteiger partial charge in [-0.3, -0.25) is 9.59 Å². The molecule has 9 heteroatoms. The molecule has 29 heavy (non-hydrogen) atoms. The fourth-order valence-corrected chi connectivity index (χ4v) is 2.89. The average Bonchev–Trinajstić information content (AvgIpc) is 2.70. The van der Waals surface area contributed by atoms with Crippen LogP contribution in [-0.2, 0) is 9.59 Å². The summed E-state index contributed by atoms with van der Waals surface area (Å²) in [7, 11) is 1.53. The molecule has 0 spiro atoms. The number of benzene rings is 2. The first-order valence-corrected chi connectivity index (χ1v) is 9.60. The maximum atomic E-state index is 12.8. The molecular weight excluding hydrogens is 445 g/mol. The average molecular weight is 466 g/mol. The van der Waals surface area contributed by atoms with Crippen LogP contribution in [-0.4, -0.2) is 31.7 Å². The predicted octanol–water partition coefficient (Wildman–Crippen LogP) is 3.86. The first-order valence-electron chi connectivity index (χ1n) is 8.80. The number of hydrazone groups is 1. The maximum absolute atomic E-state index is 12.8. The van der Waals surface area contributed by atoms with Gasteiger partial charge in [0.2, 0.25) is 11.8 Å². The third-order valence-corrected chi connectivity index (χ3v) is 4.24. The predicted molar refractivity (Wildman–Crippen MR) is 112 cm³/mol. The summed E-state index contributed by atoms with van der Waals surface area (Å²) < 4.78 is 24.4.